The predicted octanol–water partition coefficient (Wildman–Crippen LogP) is 3.64. The molecule has 0 aliphatic heterocycles. The molecule has 8 heteroatoms. The number of benzene rings is 2. The topological polar surface area (TPSA) is 90.2 Å². The van der Waals surface area contributed by atoms with E-state index in [1.54, 1.807) is 12.1 Å². The zero-order valence-electron chi connectivity index (χ0n) is 11.8. The summed E-state index contributed by atoms with van der Waals surface area (Å²) in [6.45, 7) is 0.0495. The third kappa shape index (κ3) is 3.46. The third-order valence-electron chi connectivity index (χ3n) is 3.03. The molecule has 0 saturated carbocycles. The summed E-state index contributed by atoms with van der Waals surface area (Å²) in [5.41, 5.74) is 1.36. The van der Waals surface area contributed by atoms with Crippen LogP contribution in [0.4, 0.5) is 11.5 Å². The molecule has 1 aromatic heterocycles. The number of halogens is 1. The molecule has 23 heavy (non-hydrogen) atoms. The van der Waals surface area contributed by atoms with Gasteiger partial charge in [0.25, 0.3) is 5.69 Å². The Labute approximate surface area is 136 Å². The summed E-state index contributed by atoms with van der Waals surface area (Å²) >= 11 is 6.07. The fraction of sp³-hybridized carbons (Fsp3) is 0.0667. The van der Waals surface area contributed by atoms with Gasteiger partial charge in [0.2, 0.25) is 0 Å². The van der Waals surface area contributed by atoms with Crippen molar-refractivity contribution in [2.45, 2.75) is 0 Å². The first-order chi connectivity index (χ1) is 11.1. The number of anilines is 1. The zero-order valence-corrected chi connectivity index (χ0v) is 12.5. The van der Waals surface area contributed by atoms with Crippen LogP contribution < -0.4 is 10.1 Å². The monoisotopic (exact) mass is 330 g/mol. The van der Waals surface area contributed by atoms with Gasteiger partial charge in [-0.1, -0.05) is 29.8 Å². The molecule has 0 unspecified atom stereocenters. The van der Waals surface area contributed by atoms with Crippen LogP contribution >= 0.6 is 11.6 Å². The Balaban J connectivity index is 1.70. The SMILES string of the molecule is O=[N+]([O-])c1cccc(OCNc2nc3ccccc3nc2Cl)c1. The smallest absolute Gasteiger partial charge is 0.273 e. The normalized spacial score (nSPS) is 10.5. The molecule has 2 aromatic carbocycles. The van der Waals surface area contributed by atoms with Gasteiger partial charge in [-0.15, -0.1) is 0 Å². The summed E-state index contributed by atoms with van der Waals surface area (Å²) in [4.78, 5) is 18.8. The molecule has 0 amide bonds. The summed E-state index contributed by atoms with van der Waals surface area (Å²) in [5.74, 6) is 0.757. The van der Waals surface area contributed by atoms with Gasteiger partial charge in [0.05, 0.1) is 22.0 Å². The van der Waals surface area contributed by atoms with E-state index in [4.69, 9.17) is 16.3 Å². The maximum atomic E-state index is 10.7. The highest BCUT2D eigenvalue weighted by atomic mass is 35.5. The first-order valence-electron chi connectivity index (χ1n) is 6.67. The minimum absolute atomic E-state index is 0.0361. The number of nitro groups is 1. The van der Waals surface area contributed by atoms with Gasteiger partial charge >= 0.3 is 0 Å². The minimum atomic E-state index is -0.480. The first kappa shape index (κ1) is 15.0. The van der Waals surface area contributed by atoms with Gasteiger partial charge in [0.1, 0.15) is 5.75 Å². The van der Waals surface area contributed by atoms with E-state index in [1.165, 1.54) is 12.1 Å². The number of hydrogen-bond acceptors (Lipinski definition) is 6. The molecular weight excluding hydrogens is 320 g/mol. The van der Waals surface area contributed by atoms with Gasteiger partial charge in [-0.3, -0.25) is 10.1 Å². The maximum absolute atomic E-state index is 10.7. The highest BCUT2D eigenvalue weighted by Gasteiger charge is 2.08. The average molecular weight is 331 g/mol. The molecule has 116 valence electrons. The molecule has 0 atom stereocenters. The number of nitro benzene ring substituents is 1. The van der Waals surface area contributed by atoms with Crippen LogP contribution in [-0.2, 0) is 0 Å². The molecule has 0 aliphatic rings. The Hall–Kier alpha value is -2.93. The Bertz CT molecular complexity index is 872. The molecule has 0 bridgehead atoms. The van der Waals surface area contributed by atoms with E-state index in [0.29, 0.717) is 22.6 Å². The number of hydrogen-bond donors (Lipinski definition) is 1. The van der Waals surface area contributed by atoms with Crippen LogP contribution in [0.25, 0.3) is 11.0 Å². The van der Waals surface area contributed by atoms with Crippen LogP contribution in [0, 0.1) is 10.1 Å². The van der Waals surface area contributed by atoms with Crippen LogP contribution in [0.1, 0.15) is 0 Å². The number of non-ortho nitro benzene ring substituents is 1. The summed E-state index contributed by atoms with van der Waals surface area (Å²) in [6.07, 6.45) is 0. The van der Waals surface area contributed by atoms with E-state index in [1.807, 2.05) is 24.3 Å². The van der Waals surface area contributed by atoms with Crippen molar-refractivity contribution in [3.05, 3.63) is 63.8 Å². The van der Waals surface area contributed by atoms with Gasteiger partial charge in [-0.05, 0) is 18.2 Å². The van der Waals surface area contributed by atoms with Crippen molar-refractivity contribution in [3.63, 3.8) is 0 Å². The van der Waals surface area contributed by atoms with E-state index in [2.05, 4.69) is 15.3 Å². The first-order valence-corrected chi connectivity index (χ1v) is 7.05. The highest BCUT2D eigenvalue weighted by Crippen LogP contribution is 2.22. The lowest BCUT2D eigenvalue weighted by Gasteiger charge is -2.10. The van der Waals surface area contributed by atoms with Crippen LogP contribution in [0.15, 0.2) is 48.5 Å². The second kappa shape index (κ2) is 6.45. The number of ether oxygens (including phenoxy) is 1. The molecule has 1 N–H and O–H groups in total. The molecule has 3 rings (SSSR count). The molecule has 0 aliphatic carbocycles. The molecule has 3 aromatic rings. The van der Waals surface area contributed by atoms with Crippen molar-refractivity contribution in [1.29, 1.82) is 0 Å². The van der Waals surface area contributed by atoms with Gasteiger partial charge < -0.3 is 10.1 Å². The van der Waals surface area contributed by atoms with E-state index in [-0.39, 0.29) is 17.6 Å². The molecular formula is C15H11ClN4O3. The highest BCUT2D eigenvalue weighted by molar-refractivity contribution is 6.32. The summed E-state index contributed by atoms with van der Waals surface area (Å²) in [7, 11) is 0. The van der Waals surface area contributed by atoms with E-state index in [9.17, 15) is 10.1 Å². The number of fused-ring (bicyclic) bond motifs is 1. The Morgan fingerprint density at radius 3 is 2.61 bits per heavy atom. The average Bonchev–Trinajstić information content (AvgIpc) is 2.55. The summed E-state index contributed by atoms with van der Waals surface area (Å²) in [6, 6.07) is 13.3. The zero-order chi connectivity index (χ0) is 16.2. The Kier molecular flexibility index (Phi) is 4.20. The van der Waals surface area contributed by atoms with E-state index >= 15 is 0 Å². The van der Waals surface area contributed by atoms with Crippen molar-refractivity contribution < 1.29 is 9.66 Å². The van der Waals surface area contributed by atoms with Crippen molar-refractivity contribution in [2.75, 3.05) is 12.0 Å². The van der Waals surface area contributed by atoms with Crippen LogP contribution in [-0.4, -0.2) is 21.6 Å². The fourth-order valence-corrected chi connectivity index (χ4v) is 2.17. The van der Waals surface area contributed by atoms with Crippen molar-refractivity contribution in [2.24, 2.45) is 0 Å². The van der Waals surface area contributed by atoms with Gasteiger partial charge in [-0.25, -0.2) is 9.97 Å². The molecule has 0 saturated heterocycles. The minimum Gasteiger partial charge on any atom is -0.473 e. The Morgan fingerprint density at radius 1 is 1.13 bits per heavy atom. The van der Waals surface area contributed by atoms with Crippen LogP contribution in [0.3, 0.4) is 0 Å². The predicted molar refractivity (Wildman–Crippen MR) is 86.8 cm³/mol. The van der Waals surface area contributed by atoms with Crippen LogP contribution in [0.2, 0.25) is 5.15 Å². The summed E-state index contributed by atoms with van der Waals surface area (Å²) < 4.78 is 5.43. The molecule has 0 fully saturated rings. The van der Waals surface area contributed by atoms with E-state index in [0.717, 1.165) is 0 Å². The molecule has 0 spiro atoms. The van der Waals surface area contributed by atoms with Crippen LogP contribution in [0.5, 0.6) is 5.75 Å². The third-order valence-corrected chi connectivity index (χ3v) is 3.30. The lowest BCUT2D eigenvalue weighted by atomic mass is 10.3. The standard InChI is InChI=1S/C15H11ClN4O3/c16-14-15(19-13-7-2-1-6-12(13)18-14)17-9-23-11-5-3-4-10(8-11)20(21)22/h1-8H,9H2,(H,17,19). The fourth-order valence-electron chi connectivity index (χ4n) is 1.97. The number of para-hydroxylation sites is 2. The number of nitrogens with one attached hydrogen (secondary N) is 1. The van der Waals surface area contributed by atoms with Gasteiger partial charge in [0.15, 0.2) is 17.7 Å². The van der Waals surface area contributed by atoms with Crippen molar-refractivity contribution >= 4 is 34.1 Å². The molecule has 1 heterocycles. The second-order valence-electron chi connectivity index (χ2n) is 4.57. The van der Waals surface area contributed by atoms with Gasteiger partial charge in [0, 0.05) is 6.07 Å². The quantitative estimate of drug-likeness (QED) is 0.436. The lowest BCUT2D eigenvalue weighted by molar-refractivity contribution is -0.384. The number of aromatic nitrogens is 2. The maximum Gasteiger partial charge on any atom is 0.273 e. The van der Waals surface area contributed by atoms with Crippen molar-refractivity contribution in [3.8, 4) is 5.75 Å². The van der Waals surface area contributed by atoms with E-state index < -0.39 is 4.92 Å². The summed E-state index contributed by atoms with van der Waals surface area (Å²) in [5, 5.41) is 13.8. The number of rotatable bonds is 5. The Morgan fingerprint density at radius 2 is 1.87 bits per heavy atom. The van der Waals surface area contributed by atoms with Gasteiger partial charge in [-0.2, -0.15) is 0 Å². The molecule has 0 radical (unpaired) electrons. The van der Waals surface area contributed by atoms with Crippen molar-refractivity contribution in [1.82, 2.24) is 9.97 Å². The largest absolute Gasteiger partial charge is 0.473 e. The lowest BCUT2D eigenvalue weighted by Crippen LogP contribution is -2.11. The molecule has 7 nitrogen and oxygen atoms in total. The second-order valence-corrected chi connectivity index (χ2v) is 4.93. The number of nitrogens with zero attached hydrogens (tertiary/aromatic N) is 3.